The van der Waals surface area contributed by atoms with E-state index in [-0.39, 0.29) is 17.9 Å². The highest BCUT2D eigenvalue weighted by atomic mass is 16.7. The summed E-state index contributed by atoms with van der Waals surface area (Å²) >= 11 is 0. The molecule has 2 aliphatic rings. The van der Waals surface area contributed by atoms with Crippen LogP contribution in [0.1, 0.15) is 23.1 Å². The van der Waals surface area contributed by atoms with Gasteiger partial charge in [-0.3, -0.25) is 4.84 Å². The van der Waals surface area contributed by atoms with E-state index in [0.717, 1.165) is 16.7 Å². The Bertz CT molecular complexity index is 627. The smallest absolute Gasteiger partial charge is 0.343 e. The van der Waals surface area contributed by atoms with E-state index in [1.807, 2.05) is 39.1 Å². The highest BCUT2D eigenvalue weighted by molar-refractivity contribution is 6.20. The average Bonchev–Trinajstić information content (AvgIpc) is 2.68. The van der Waals surface area contributed by atoms with E-state index < -0.39 is 11.6 Å². The number of carbonyl (C=O) groups is 1. The number of carbonyl (C=O) groups excluding carboxylic acids is 1. The highest BCUT2D eigenvalue weighted by Crippen LogP contribution is 2.41. The van der Waals surface area contributed by atoms with Gasteiger partial charge in [0.15, 0.2) is 11.4 Å². The van der Waals surface area contributed by atoms with Crippen molar-refractivity contribution in [2.24, 2.45) is 0 Å². The van der Waals surface area contributed by atoms with Crippen LogP contribution < -0.4 is 0 Å². The molecule has 0 aliphatic carbocycles. The van der Waals surface area contributed by atoms with Gasteiger partial charge in [-0.1, -0.05) is 23.8 Å². The number of hydroxylamine groups is 2. The van der Waals surface area contributed by atoms with Crippen molar-refractivity contribution in [2.45, 2.75) is 25.9 Å². The van der Waals surface area contributed by atoms with Crippen molar-refractivity contribution in [3.63, 3.8) is 0 Å². The Labute approximate surface area is 123 Å². The van der Waals surface area contributed by atoms with Crippen molar-refractivity contribution >= 4 is 11.5 Å². The van der Waals surface area contributed by atoms with Gasteiger partial charge in [0.2, 0.25) is 0 Å². The lowest BCUT2D eigenvalue weighted by molar-refractivity contribution is -0.227. The number of esters is 1. The number of benzene rings is 1. The Morgan fingerprint density at radius 3 is 2.76 bits per heavy atom. The van der Waals surface area contributed by atoms with Crippen LogP contribution >= 0.6 is 0 Å². The molecule has 1 N–H and O–H groups in total. The van der Waals surface area contributed by atoms with Gasteiger partial charge in [-0.15, -0.1) is 0 Å². The summed E-state index contributed by atoms with van der Waals surface area (Å²) < 4.78 is 5.50. The Kier molecular flexibility index (Phi) is 3.26. The van der Waals surface area contributed by atoms with Gasteiger partial charge < -0.3 is 9.84 Å². The molecule has 0 radical (unpaired) electrons. The first-order valence-corrected chi connectivity index (χ1v) is 7.02. The molecule has 21 heavy (non-hydrogen) atoms. The predicted octanol–water partition coefficient (Wildman–Crippen LogP) is 2.14. The molecule has 5 nitrogen and oxygen atoms in total. The van der Waals surface area contributed by atoms with Gasteiger partial charge in [0.1, 0.15) is 12.2 Å². The Morgan fingerprint density at radius 2 is 2.10 bits per heavy atom. The van der Waals surface area contributed by atoms with Gasteiger partial charge in [-0.2, -0.15) is 5.06 Å². The van der Waals surface area contributed by atoms with E-state index in [1.54, 1.807) is 5.06 Å². The first-order valence-electron chi connectivity index (χ1n) is 7.02. The quantitative estimate of drug-likeness (QED) is 0.803. The number of ether oxygens (including phenoxy) is 1. The molecule has 0 aromatic heterocycles. The summed E-state index contributed by atoms with van der Waals surface area (Å²) in [7, 11) is 1.82. The summed E-state index contributed by atoms with van der Waals surface area (Å²) in [5, 5.41) is 12.3. The summed E-state index contributed by atoms with van der Waals surface area (Å²) in [4.78, 5) is 17.7. The highest BCUT2D eigenvalue weighted by Gasteiger charge is 2.51. The number of hydrogen-bond acceptors (Lipinski definition) is 5. The molecular formula is C16H19NO4. The van der Waals surface area contributed by atoms with Crippen LogP contribution in [-0.2, 0) is 14.4 Å². The van der Waals surface area contributed by atoms with Crippen molar-refractivity contribution in [3.05, 3.63) is 40.6 Å². The summed E-state index contributed by atoms with van der Waals surface area (Å²) in [5.74, 6) is -0.483. The molecule has 0 saturated carbocycles. The van der Waals surface area contributed by atoms with E-state index in [4.69, 9.17) is 9.57 Å². The molecular weight excluding hydrogens is 270 g/mol. The third-order valence-corrected chi connectivity index (χ3v) is 4.17. The molecule has 1 aromatic carbocycles. The zero-order valence-corrected chi connectivity index (χ0v) is 12.5. The Morgan fingerprint density at radius 1 is 1.33 bits per heavy atom. The summed E-state index contributed by atoms with van der Waals surface area (Å²) in [5.41, 5.74) is 1.93. The minimum atomic E-state index is -1.03. The fourth-order valence-electron chi connectivity index (χ4n) is 2.80. The average molecular weight is 289 g/mol. The first kappa shape index (κ1) is 14.1. The zero-order chi connectivity index (χ0) is 15.2. The van der Waals surface area contributed by atoms with E-state index in [9.17, 15) is 9.90 Å². The third kappa shape index (κ3) is 2.22. The van der Waals surface area contributed by atoms with Crippen LogP contribution in [0.5, 0.6) is 0 Å². The second-order valence-corrected chi connectivity index (χ2v) is 5.80. The molecule has 1 aromatic rings. The largest absolute Gasteiger partial charge is 0.507 e. The molecule has 0 bridgehead atoms. The van der Waals surface area contributed by atoms with Crippen LogP contribution in [0, 0.1) is 13.8 Å². The maximum absolute atomic E-state index is 12.3. The van der Waals surface area contributed by atoms with E-state index >= 15 is 0 Å². The second kappa shape index (κ2) is 4.86. The zero-order valence-electron chi connectivity index (χ0n) is 12.5. The molecule has 2 heterocycles. The van der Waals surface area contributed by atoms with Crippen LogP contribution in [0.15, 0.2) is 24.0 Å². The van der Waals surface area contributed by atoms with Gasteiger partial charge in [-0.25, -0.2) is 4.79 Å². The molecule has 1 fully saturated rings. The van der Waals surface area contributed by atoms with Crippen LogP contribution in [0.2, 0.25) is 0 Å². The standard InChI is InChI=1S/C16H19NO4/c1-10-4-5-11(2)12(8-10)13-14(18)16(21-15(13)19)6-7-17(3)20-9-16/h4-5,8,18H,6-7,9H2,1-3H3. The molecule has 1 atom stereocenters. The van der Waals surface area contributed by atoms with Gasteiger partial charge in [-0.05, 0) is 25.0 Å². The summed E-state index contributed by atoms with van der Waals surface area (Å²) in [6, 6.07) is 5.82. The fourth-order valence-corrected chi connectivity index (χ4v) is 2.80. The van der Waals surface area contributed by atoms with Gasteiger partial charge >= 0.3 is 5.97 Å². The molecule has 1 unspecified atom stereocenters. The Balaban J connectivity index is 2.06. The minimum Gasteiger partial charge on any atom is -0.507 e. The number of aliphatic hydroxyl groups excluding tert-OH is 1. The topological polar surface area (TPSA) is 59.0 Å². The number of rotatable bonds is 1. The minimum absolute atomic E-state index is 0.00528. The fraction of sp³-hybridized carbons (Fsp3) is 0.438. The SMILES string of the molecule is Cc1ccc(C)c(C2=C(O)C3(CCN(C)OC3)OC2=O)c1. The summed E-state index contributed by atoms with van der Waals surface area (Å²) in [6.07, 6.45) is 0.523. The lowest BCUT2D eigenvalue weighted by atomic mass is 9.91. The van der Waals surface area contributed by atoms with Crippen molar-refractivity contribution in [2.75, 3.05) is 20.2 Å². The number of nitrogens with zero attached hydrogens (tertiary/aromatic N) is 1. The maximum Gasteiger partial charge on any atom is 0.343 e. The predicted molar refractivity (Wildman–Crippen MR) is 77.5 cm³/mol. The van der Waals surface area contributed by atoms with Crippen molar-refractivity contribution < 1.29 is 19.5 Å². The Hall–Kier alpha value is -1.85. The second-order valence-electron chi connectivity index (χ2n) is 5.80. The number of aryl methyl sites for hydroxylation is 2. The molecule has 3 rings (SSSR count). The number of aliphatic hydroxyl groups is 1. The normalized spacial score (nSPS) is 26.5. The van der Waals surface area contributed by atoms with Gasteiger partial charge in [0.05, 0.1) is 0 Å². The van der Waals surface area contributed by atoms with Crippen molar-refractivity contribution in [1.29, 1.82) is 0 Å². The lowest BCUT2D eigenvalue weighted by Crippen LogP contribution is -2.47. The summed E-state index contributed by atoms with van der Waals surface area (Å²) in [6.45, 7) is 4.61. The molecule has 112 valence electrons. The van der Waals surface area contributed by atoms with Crippen molar-refractivity contribution in [1.82, 2.24) is 5.06 Å². The van der Waals surface area contributed by atoms with Crippen LogP contribution in [0.4, 0.5) is 0 Å². The van der Waals surface area contributed by atoms with Crippen LogP contribution in [0.3, 0.4) is 0 Å². The number of hydrogen-bond donors (Lipinski definition) is 1. The van der Waals surface area contributed by atoms with Crippen molar-refractivity contribution in [3.8, 4) is 0 Å². The van der Waals surface area contributed by atoms with Gasteiger partial charge in [0, 0.05) is 20.0 Å². The molecule has 1 spiro atoms. The first-order chi connectivity index (χ1) is 9.93. The molecule has 1 saturated heterocycles. The van der Waals surface area contributed by atoms with E-state index in [1.165, 1.54) is 0 Å². The monoisotopic (exact) mass is 289 g/mol. The van der Waals surface area contributed by atoms with Crippen LogP contribution in [-0.4, -0.2) is 41.9 Å². The van der Waals surface area contributed by atoms with Crippen LogP contribution in [0.25, 0.3) is 5.57 Å². The van der Waals surface area contributed by atoms with E-state index in [2.05, 4.69) is 0 Å². The molecule has 2 aliphatic heterocycles. The maximum atomic E-state index is 12.3. The lowest BCUT2D eigenvalue weighted by Gasteiger charge is -2.35. The van der Waals surface area contributed by atoms with Gasteiger partial charge in [0.25, 0.3) is 0 Å². The van der Waals surface area contributed by atoms with E-state index in [0.29, 0.717) is 13.0 Å². The third-order valence-electron chi connectivity index (χ3n) is 4.17. The molecule has 0 amide bonds. The molecule has 5 heteroatoms.